The Labute approximate surface area is 126 Å². The van der Waals surface area contributed by atoms with Crippen LogP contribution in [0.25, 0.3) is 0 Å². The summed E-state index contributed by atoms with van der Waals surface area (Å²) >= 11 is 3.48. The van der Waals surface area contributed by atoms with Crippen molar-refractivity contribution in [3.63, 3.8) is 0 Å². The first kappa shape index (κ1) is 14.7. The van der Waals surface area contributed by atoms with Gasteiger partial charge in [-0.25, -0.2) is 14.4 Å². The summed E-state index contributed by atoms with van der Waals surface area (Å²) in [4.78, 5) is 8.36. The SMILES string of the molecule is CCCNc1ncnc(NCc2cccc(F)c2)c1Br. The van der Waals surface area contributed by atoms with Gasteiger partial charge < -0.3 is 10.6 Å². The first-order chi connectivity index (χ1) is 9.70. The van der Waals surface area contributed by atoms with Crippen LogP contribution in [0.2, 0.25) is 0 Å². The van der Waals surface area contributed by atoms with Gasteiger partial charge in [0.05, 0.1) is 0 Å². The zero-order valence-electron chi connectivity index (χ0n) is 11.2. The van der Waals surface area contributed by atoms with Crippen molar-refractivity contribution in [2.24, 2.45) is 0 Å². The van der Waals surface area contributed by atoms with E-state index in [0.717, 1.165) is 28.8 Å². The Morgan fingerprint density at radius 3 is 2.65 bits per heavy atom. The minimum absolute atomic E-state index is 0.239. The molecule has 0 atom stereocenters. The first-order valence-corrected chi connectivity index (χ1v) is 7.22. The molecule has 0 radical (unpaired) electrons. The summed E-state index contributed by atoms with van der Waals surface area (Å²) in [7, 11) is 0. The Morgan fingerprint density at radius 1 is 1.20 bits per heavy atom. The van der Waals surface area contributed by atoms with Crippen LogP contribution < -0.4 is 10.6 Å². The maximum Gasteiger partial charge on any atom is 0.146 e. The van der Waals surface area contributed by atoms with Gasteiger partial charge in [0.15, 0.2) is 0 Å². The number of rotatable bonds is 6. The Morgan fingerprint density at radius 2 is 1.95 bits per heavy atom. The van der Waals surface area contributed by atoms with Crippen molar-refractivity contribution in [2.75, 3.05) is 17.2 Å². The van der Waals surface area contributed by atoms with Crippen LogP contribution in [0.3, 0.4) is 0 Å². The van der Waals surface area contributed by atoms with Crippen LogP contribution in [0.5, 0.6) is 0 Å². The van der Waals surface area contributed by atoms with E-state index in [0.29, 0.717) is 12.4 Å². The highest BCUT2D eigenvalue weighted by Crippen LogP contribution is 2.26. The number of hydrogen-bond acceptors (Lipinski definition) is 4. The summed E-state index contributed by atoms with van der Waals surface area (Å²) < 4.78 is 13.9. The van der Waals surface area contributed by atoms with Crippen LogP contribution in [0.15, 0.2) is 35.1 Å². The maximum atomic E-state index is 13.1. The fourth-order valence-corrected chi connectivity index (χ4v) is 2.18. The zero-order chi connectivity index (χ0) is 14.4. The van der Waals surface area contributed by atoms with E-state index in [2.05, 4.69) is 43.5 Å². The van der Waals surface area contributed by atoms with Gasteiger partial charge in [0.1, 0.15) is 28.3 Å². The molecule has 0 saturated heterocycles. The predicted octanol–water partition coefficient (Wildman–Crippen LogP) is 3.81. The molecule has 0 aliphatic rings. The fourth-order valence-electron chi connectivity index (χ4n) is 1.69. The van der Waals surface area contributed by atoms with Gasteiger partial charge in [-0.3, -0.25) is 0 Å². The standard InChI is InChI=1S/C14H16BrFN4/c1-2-6-17-13-12(15)14(20-9-19-13)18-8-10-4-3-5-11(16)7-10/h3-5,7,9H,2,6,8H2,1H3,(H2,17,18,19,20). The molecule has 0 aliphatic carbocycles. The van der Waals surface area contributed by atoms with Crippen molar-refractivity contribution in [1.82, 2.24) is 9.97 Å². The van der Waals surface area contributed by atoms with Gasteiger partial charge in [0, 0.05) is 13.1 Å². The molecule has 4 nitrogen and oxygen atoms in total. The lowest BCUT2D eigenvalue weighted by atomic mass is 10.2. The van der Waals surface area contributed by atoms with Gasteiger partial charge in [0.25, 0.3) is 0 Å². The normalized spacial score (nSPS) is 10.3. The quantitative estimate of drug-likeness (QED) is 0.840. The van der Waals surface area contributed by atoms with Crippen molar-refractivity contribution in [1.29, 1.82) is 0 Å². The number of anilines is 2. The van der Waals surface area contributed by atoms with Gasteiger partial charge >= 0.3 is 0 Å². The Kier molecular flexibility index (Phi) is 5.29. The topological polar surface area (TPSA) is 49.8 Å². The molecule has 0 amide bonds. The molecule has 2 rings (SSSR count). The largest absolute Gasteiger partial charge is 0.369 e. The second-order valence-electron chi connectivity index (χ2n) is 4.30. The molecule has 0 aliphatic heterocycles. The molecule has 2 aromatic rings. The van der Waals surface area contributed by atoms with Gasteiger partial charge in [-0.15, -0.1) is 0 Å². The number of hydrogen-bond donors (Lipinski definition) is 2. The van der Waals surface area contributed by atoms with Gasteiger partial charge in [-0.05, 0) is 40.0 Å². The molecule has 106 valence electrons. The number of benzene rings is 1. The Hall–Kier alpha value is -1.69. The van der Waals surface area contributed by atoms with Gasteiger partial charge in [-0.2, -0.15) is 0 Å². The van der Waals surface area contributed by atoms with E-state index in [1.165, 1.54) is 18.5 Å². The average molecular weight is 339 g/mol. The molecule has 6 heteroatoms. The number of nitrogens with one attached hydrogen (secondary N) is 2. The fraction of sp³-hybridized carbons (Fsp3) is 0.286. The Balaban J connectivity index is 2.06. The van der Waals surface area contributed by atoms with Crippen molar-refractivity contribution in [2.45, 2.75) is 19.9 Å². The smallest absolute Gasteiger partial charge is 0.146 e. The Bertz CT molecular complexity index is 577. The van der Waals surface area contributed by atoms with E-state index in [-0.39, 0.29) is 5.82 Å². The number of nitrogens with zero attached hydrogens (tertiary/aromatic N) is 2. The van der Waals surface area contributed by atoms with Crippen LogP contribution >= 0.6 is 15.9 Å². The lowest BCUT2D eigenvalue weighted by molar-refractivity contribution is 0.626. The molecule has 0 saturated carbocycles. The highest BCUT2D eigenvalue weighted by Gasteiger charge is 2.07. The molecule has 0 spiro atoms. The molecular formula is C14H16BrFN4. The zero-order valence-corrected chi connectivity index (χ0v) is 12.7. The molecule has 1 aromatic carbocycles. The number of aromatic nitrogens is 2. The second-order valence-corrected chi connectivity index (χ2v) is 5.09. The molecule has 2 N–H and O–H groups in total. The van der Waals surface area contributed by atoms with E-state index in [9.17, 15) is 4.39 Å². The van der Waals surface area contributed by atoms with Crippen LogP contribution in [-0.4, -0.2) is 16.5 Å². The number of halogens is 2. The van der Waals surface area contributed by atoms with Crippen molar-refractivity contribution < 1.29 is 4.39 Å². The highest BCUT2D eigenvalue weighted by atomic mass is 79.9. The van der Waals surface area contributed by atoms with Crippen molar-refractivity contribution in [3.05, 3.63) is 46.4 Å². The second kappa shape index (κ2) is 7.19. The third-order valence-corrected chi connectivity index (χ3v) is 3.43. The molecule has 0 unspecified atom stereocenters. The van der Waals surface area contributed by atoms with E-state index in [1.807, 2.05) is 6.07 Å². The molecule has 1 aromatic heterocycles. The minimum atomic E-state index is -0.239. The van der Waals surface area contributed by atoms with E-state index >= 15 is 0 Å². The minimum Gasteiger partial charge on any atom is -0.369 e. The third kappa shape index (κ3) is 3.90. The van der Waals surface area contributed by atoms with E-state index in [4.69, 9.17) is 0 Å². The van der Waals surface area contributed by atoms with E-state index < -0.39 is 0 Å². The van der Waals surface area contributed by atoms with E-state index in [1.54, 1.807) is 6.07 Å². The summed E-state index contributed by atoms with van der Waals surface area (Å²) in [5, 5.41) is 6.38. The summed E-state index contributed by atoms with van der Waals surface area (Å²) in [6.45, 7) is 3.44. The molecule has 1 heterocycles. The average Bonchev–Trinajstić information content (AvgIpc) is 2.45. The third-order valence-electron chi connectivity index (χ3n) is 2.68. The molecule has 20 heavy (non-hydrogen) atoms. The maximum absolute atomic E-state index is 13.1. The summed E-state index contributed by atoms with van der Waals surface area (Å²) in [5.41, 5.74) is 0.860. The van der Waals surface area contributed by atoms with Gasteiger partial charge in [0.2, 0.25) is 0 Å². The lowest BCUT2D eigenvalue weighted by Gasteiger charge is -2.11. The molecular weight excluding hydrogens is 323 g/mol. The summed E-state index contributed by atoms with van der Waals surface area (Å²) in [6.07, 6.45) is 2.51. The monoisotopic (exact) mass is 338 g/mol. The first-order valence-electron chi connectivity index (χ1n) is 6.43. The lowest BCUT2D eigenvalue weighted by Crippen LogP contribution is -2.07. The summed E-state index contributed by atoms with van der Waals surface area (Å²) in [6, 6.07) is 6.48. The highest BCUT2D eigenvalue weighted by molar-refractivity contribution is 9.10. The predicted molar refractivity (Wildman–Crippen MR) is 82.2 cm³/mol. The molecule has 0 fully saturated rings. The van der Waals surface area contributed by atoms with Crippen LogP contribution in [0.1, 0.15) is 18.9 Å². The van der Waals surface area contributed by atoms with Crippen LogP contribution in [0.4, 0.5) is 16.0 Å². The summed E-state index contributed by atoms with van der Waals surface area (Å²) in [5.74, 6) is 1.20. The van der Waals surface area contributed by atoms with Crippen LogP contribution in [-0.2, 0) is 6.54 Å². The van der Waals surface area contributed by atoms with Crippen LogP contribution in [0, 0.1) is 5.82 Å². The van der Waals surface area contributed by atoms with Gasteiger partial charge in [-0.1, -0.05) is 19.1 Å². The van der Waals surface area contributed by atoms with Crippen molar-refractivity contribution in [3.8, 4) is 0 Å². The van der Waals surface area contributed by atoms with Crippen molar-refractivity contribution >= 4 is 27.6 Å². The molecule has 0 bridgehead atoms.